The lowest BCUT2D eigenvalue weighted by atomic mass is 10.1. The molecule has 0 atom stereocenters. The predicted octanol–water partition coefficient (Wildman–Crippen LogP) is 1.62. The largest absolute Gasteiger partial charge is 0.347 e. The first-order valence-corrected chi connectivity index (χ1v) is 6.82. The van der Waals surface area contributed by atoms with Crippen LogP contribution in [0.5, 0.6) is 0 Å². The smallest absolute Gasteiger partial charge is 0.241 e. The molecule has 1 saturated heterocycles. The van der Waals surface area contributed by atoms with Gasteiger partial charge in [-0.05, 0) is 24.5 Å². The molecule has 1 aromatic rings. The molecule has 0 bridgehead atoms. The van der Waals surface area contributed by atoms with Crippen LogP contribution in [0.3, 0.4) is 0 Å². The zero-order valence-corrected chi connectivity index (χ0v) is 11.4. The summed E-state index contributed by atoms with van der Waals surface area (Å²) in [6.45, 7) is 1.68. The van der Waals surface area contributed by atoms with Crippen molar-refractivity contribution >= 4 is 23.4 Å². The number of rotatable bonds is 4. The molecule has 1 aliphatic heterocycles. The Bertz CT molecular complexity index is 470. The Morgan fingerprint density at radius 2 is 1.89 bits per heavy atom. The molecule has 0 spiro atoms. The van der Waals surface area contributed by atoms with Gasteiger partial charge in [-0.2, -0.15) is 0 Å². The van der Waals surface area contributed by atoms with Crippen molar-refractivity contribution in [1.82, 2.24) is 10.2 Å². The second-order valence-electron chi connectivity index (χ2n) is 4.63. The van der Waals surface area contributed by atoms with Crippen molar-refractivity contribution in [2.24, 2.45) is 0 Å². The quantitative estimate of drug-likeness (QED) is 0.911. The molecule has 2 rings (SSSR count). The third kappa shape index (κ3) is 3.96. The number of hydrogen-bond donors (Lipinski definition) is 1. The lowest BCUT2D eigenvalue weighted by Crippen LogP contribution is -2.39. The van der Waals surface area contributed by atoms with Gasteiger partial charge in [-0.3, -0.25) is 9.59 Å². The number of hydrogen-bond acceptors (Lipinski definition) is 2. The van der Waals surface area contributed by atoms with Crippen LogP contribution in [0.25, 0.3) is 0 Å². The molecular formula is C14H17ClN2O2. The molecule has 0 saturated carbocycles. The number of likely N-dealkylation sites (tertiary alicyclic amines) is 1. The fraction of sp³-hybridized carbons (Fsp3) is 0.429. The van der Waals surface area contributed by atoms with E-state index in [0.717, 1.165) is 31.5 Å². The van der Waals surface area contributed by atoms with Gasteiger partial charge in [0.1, 0.15) is 0 Å². The molecule has 2 amide bonds. The molecule has 5 heteroatoms. The predicted molar refractivity (Wildman–Crippen MR) is 74.0 cm³/mol. The standard InChI is InChI=1S/C14H17ClN2O2/c15-12-6-2-1-5-11(12)9-13(18)16-10-14(19)17-7-3-4-8-17/h1-2,5-6H,3-4,7-10H2,(H,16,18). The SMILES string of the molecule is O=C(Cc1ccccc1Cl)NCC(=O)N1CCCC1. The van der Waals surface area contributed by atoms with Gasteiger partial charge in [0.2, 0.25) is 11.8 Å². The minimum atomic E-state index is -0.180. The highest BCUT2D eigenvalue weighted by atomic mass is 35.5. The van der Waals surface area contributed by atoms with Crippen molar-refractivity contribution in [3.63, 3.8) is 0 Å². The maximum atomic E-state index is 11.8. The maximum Gasteiger partial charge on any atom is 0.241 e. The molecular weight excluding hydrogens is 264 g/mol. The third-order valence-corrected chi connectivity index (χ3v) is 3.57. The van der Waals surface area contributed by atoms with Gasteiger partial charge >= 0.3 is 0 Å². The minimum absolute atomic E-state index is 0.00925. The zero-order chi connectivity index (χ0) is 13.7. The zero-order valence-electron chi connectivity index (χ0n) is 10.7. The summed E-state index contributed by atoms with van der Waals surface area (Å²) in [6.07, 6.45) is 2.31. The summed E-state index contributed by atoms with van der Waals surface area (Å²) in [5.74, 6) is -0.189. The van der Waals surface area contributed by atoms with E-state index in [-0.39, 0.29) is 24.8 Å². The highest BCUT2D eigenvalue weighted by molar-refractivity contribution is 6.31. The van der Waals surface area contributed by atoms with Crippen LogP contribution in [0.15, 0.2) is 24.3 Å². The average Bonchev–Trinajstić information content (AvgIpc) is 2.93. The van der Waals surface area contributed by atoms with Gasteiger partial charge < -0.3 is 10.2 Å². The Kier molecular flexibility index (Phi) is 4.80. The number of halogens is 1. The third-order valence-electron chi connectivity index (χ3n) is 3.20. The van der Waals surface area contributed by atoms with Gasteiger partial charge in [0.05, 0.1) is 13.0 Å². The van der Waals surface area contributed by atoms with Crippen LogP contribution >= 0.6 is 11.6 Å². The van der Waals surface area contributed by atoms with E-state index in [9.17, 15) is 9.59 Å². The van der Waals surface area contributed by atoms with Crippen molar-refractivity contribution in [3.8, 4) is 0 Å². The lowest BCUT2D eigenvalue weighted by Gasteiger charge is -2.15. The number of nitrogens with one attached hydrogen (secondary N) is 1. The van der Waals surface area contributed by atoms with Crippen molar-refractivity contribution in [1.29, 1.82) is 0 Å². The Morgan fingerprint density at radius 1 is 1.21 bits per heavy atom. The minimum Gasteiger partial charge on any atom is -0.347 e. The first-order valence-electron chi connectivity index (χ1n) is 6.44. The molecule has 1 aliphatic rings. The Labute approximate surface area is 117 Å². The summed E-state index contributed by atoms with van der Waals surface area (Å²) >= 11 is 5.98. The van der Waals surface area contributed by atoms with E-state index >= 15 is 0 Å². The molecule has 1 aromatic carbocycles. The van der Waals surface area contributed by atoms with Crippen LogP contribution in [0.1, 0.15) is 18.4 Å². The van der Waals surface area contributed by atoms with Crippen LogP contribution in [0.4, 0.5) is 0 Å². The topological polar surface area (TPSA) is 49.4 Å². The fourth-order valence-electron chi connectivity index (χ4n) is 2.13. The number of nitrogens with zero attached hydrogens (tertiary/aromatic N) is 1. The fourth-order valence-corrected chi connectivity index (χ4v) is 2.33. The monoisotopic (exact) mass is 280 g/mol. The van der Waals surface area contributed by atoms with E-state index in [1.807, 2.05) is 18.2 Å². The van der Waals surface area contributed by atoms with E-state index in [1.165, 1.54) is 0 Å². The average molecular weight is 281 g/mol. The van der Waals surface area contributed by atoms with E-state index in [4.69, 9.17) is 11.6 Å². The molecule has 1 fully saturated rings. The second-order valence-corrected chi connectivity index (χ2v) is 5.04. The molecule has 19 heavy (non-hydrogen) atoms. The van der Waals surface area contributed by atoms with Crippen LogP contribution in [-0.4, -0.2) is 36.3 Å². The first-order chi connectivity index (χ1) is 9.16. The molecule has 0 aliphatic carbocycles. The summed E-state index contributed by atoms with van der Waals surface area (Å²) in [5, 5.41) is 3.22. The molecule has 0 aromatic heterocycles. The maximum absolute atomic E-state index is 11.8. The van der Waals surface area contributed by atoms with Crippen LogP contribution in [-0.2, 0) is 16.0 Å². The molecule has 4 nitrogen and oxygen atoms in total. The van der Waals surface area contributed by atoms with Crippen molar-refractivity contribution in [2.75, 3.05) is 19.6 Å². The number of amides is 2. The van der Waals surface area contributed by atoms with Gasteiger partial charge in [-0.1, -0.05) is 29.8 Å². The number of carbonyl (C=O) groups is 2. The van der Waals surface area contributed by atoms with Crippen molar-refractivity contribution in [3.05, 3.63) is 34.9 Å². The molecule has 0 unspecified atom stereocenters. The van der Waals surface area contributed by atoms with E-state index in [1.54, 1.807) is 11.0 Å². The van der Waals surface area contributed by atoms with E-state index in [2.05, 4.69) is 5.32 Å². The summed E-state index contributed by atoms with van der Waals surface area (Å²) < 4.78 is 0. The number of benzene rings is 1. The van der Waals surface area contributed by atoms with Crippen molar-refractivity contribution in [2.45, 2.75) is 19.3 Å². The van der Waals surface area contributed by atoms with Crippen LogP contribution in [0, 0.1) is 0 Å². The summed E-state index contributed by atoms with van der Waals surface area (Å²) in [4.78, 5) is 25.3. The van der Waals surface area contributed by atoms with Gasteiger partial charge in [0.15, 0.2) is 0 Å². The van der Waals surface area contributed by atoms with Crippen LogP contribution < -0.4 is 5.32 Å². The van der Waals surface area contributed by atoms with Crippen LogP contribution in [0.2, 0.25) is 5.02 Å². The van der Waals surface area contributed by atoms with Crippen molar-refractivity contribution < 1.29 is 9.59 Å². The first kappa shape index (κ1) is 13.9. The molecule has 1 heterocycles. The summed E-state index contributed by atoms with van der Waals surface area (Å²) in [7, 11) is 0. The highest BCUT2D eigenvalue weighted by Gasteiger charge is 2.18. The Balaban J connectivity index is 1.78. The second kappa shape index (κ2) is 6.57. The summed E-state index contributed by atoms with van der Waals surface area (Å²) in [6, 6.07) is 7.22. The van der Waals surface area contributed by atoms with Gasteiger partial charge in [-0.25, -0.2) is 0 Å². The number of carbonyl (C=O) groups excluding carboxylic acids is 2. The van der Waals surface area contributed by atoms with Gasteiger partial charge in [0.25, 0.3) is 0 Å². The molecule has 1 N–H and O–H groups in total. The van der Waals surface area contributed by atoms with E-state index in [0.29, 0.717) is 5.02 Å². The molecule has 0 radical (unpaired) electrons. The van der Waals surface area contributed by atoms with Gasteiger partial charge in [0, 0.05) is 18.1 Å². The van der Waals surface area contributed by atoms with Gasteiger partial charge in [-0.15, -0.1) is 0 Å². The Morgan fingerprint density at radius 3 is 2.58 bits per heavy atom. The van der Waals surface area contributed by atoms with E-state index < -0.39 is 0 Å². The highest BCUT2D eigenvalue weighted by Crippen LogP contribution is 2.15. The molecule has 102 valence electrons. The Hall–Kier alpha value is -1.55. The lowest BCUT2D eigenvalue weighted by molar-refractivity contribution is -0.131. The normalized spacial score (nSPS) is 14.5. The summed E-state index contributed by atoms with van der Waals surface area (Å²) in [5.41, 5.74) is 0.773.